The zero-order valence-corrected chi connectivity index (χ0v) is 39.1. The Morgan fingerprint density at radius 1 is 0.642 bits per heavy atom. The van der Waals surface area contributed by atoms with E-state index in [4.69, 9.17) is 23.2 Å². The van der Waals surface area contributed by atoms with Gasteiger partial charge in [0.25, 0.3) is 0 Å². The molecule has 4 aromatic carbocycles. The van der Waals surface area contributed by atoms with Crippen molar-refractivity contribution in [2.75, 3.05) is 0 Å². The van der Waals surface area contributed by atoms with Crippen LogP contribution in [0.15, 0.2) is 99.4 Å². The van der Waals surface area contributed by atoms with Crippen molar-refractivity contribution < 1.29 is 19.3 Å². The maximum atomic E-state index is 6.54. The minimum absolute atomic E-state index is 0. The van der Waals surface area contributed by atoms with Gasteiger partial charge >= 0.3 is 325 Å². The Bertz CT molecular complexity index is 2110. The van der Waals surface area contributed by atoms with E-state index in [1.165, 1.54) is 50.1 Å². The largest absolute Gasteiger partial charge is 0.147 e. The Morgan fingerprint density at radius 3 is 1.60 bits per heavy atom. The first kappa shape index (κ1) is 43.9. The first-order chi connectivity index (χ1) is 23.9. The summed E-state index contributed by atoms with van der Waals surface area (Å²) in [5, 5.41) is 1.54. The number of allylic oxidation sites excluding steroid dienone is 4. The number of hydrogen-bond donors (Lipinski definition) is 0. The molecular formula is C48H58Cl4Zr. The third-order valence-corrected chi connectivity index (χ3v) is 22.7. The number of rotatable bonds is 6. The minimum atomic E-state index is -4.11. The van der Waals surface area contributed by atoms with E-state index in [0.29, 0.717) is 5.92 Å². The second-order valence-corrected chi connectivity index (χ2v) is 27.2. The van der Waals surface area contributed by atoms with Crippen LogP contribution in [0, 0.1) is 11.3 Å². The Hall–Kier alpha value is -1.86. The van der Waals surface area contributed by atoms with Gasteiger partial charge in [0.1, 0.15) is 0 Å². The summed E-state index contributed by atoms with van der Waals surface area (Å²) >= 11 is 8.98. The van der Waals surface area contributed by atoms with Crippen LogP contribution in [0.4, 0.5) is 0 Å². The van der Waals surface area contributed by atoms with E-state index in [9.17, 15) is 0 Å². The van der Waals surface area contributed by atoms with Crippen LogP contribution >= 0.6 is 48.0 Å². The molecule has 0 bridgehead atoms. The van der Waals surface area contributed by atoms with Crippen LogP contribution in [-0.4, -0.2) is 7.42 Å². The average molecular weight is 868 g/mol. The molecule has 1 atom stereocenters. The summed E-state index contributed by atoms with van der Waals surface area (Å²) < 4.78 is 8.83. The molecule has 5 heteroatoms. The van der Waals surface area contributed by atoms with Crippen molar-refractivity contribution in [1.29, 1.82) is 0 Å². The fourth-order valence-electron chi connectivity index (χ4n) is 8.40. The van der Waals surface area contributed by atoms with Gasteiger partial charge < -0.3 is 0 Å². The van der Waals surface area contributed by atoms with Crippen LogP contribution in [-0.2, 0) is 36.5 Å². The molecule has 4 aromatic rings. The van der Waals surface area contributed by atoms with Gasteiger partial charge in [-0.2, -0.15) is 0 Å². The van der Waals surface area contributed by atoms with E-state index in [-0.39, 0.29) is 41.1 Å². The van der Waals surface area contributed by atoms with Gasteiger partial charge in [-0.25, -0.2) is 0 Å². The molecule has 0 saturated heterocycles. The maximum Gasteiger partial charge on any atom is -0.147 e. The number of fused-ring (bicyclic) bond motifs is 3. The quantitative estimate of drug-likeness (QED) is 0.160. The number of benzene rings is 4. The van der Waals surface area contributed by atoms with Gasteiger partial charge in [-0.3, -0.25) is 0 Å². The van der Waals surface area contributed by atoms with Gasteiger partial charge in [0.2, 0.25) is 0 Å². The molecule has 0 nitrogen and oxygen atoms in total. The van der Waals surface area contributed by atoms with E-state index < -0.39 is 19.3 Å². The standard InChI is InChI=1S/C21H25.C13H21.2C7H5Cl.2ClH.Zr/c1-20(2,3)16-9-7-14-11-15-8-10-17(21(4,5)6)13-19(15)18(14)12-16;1-6-10-8-11(7-2)12(9-10)13(3,4)5;2*1-6-2-4-7(8)5-3-6;;;/h7,9-10,12-13H,11H2,1-6H3;9-10H,6-7H2,1-5H3;2*1-5H;2*1H;. The Morgan fingerprint density at radius 2 is 1.15 bits per heavy atom. The molecule has 53 heavy (non-hydrogen) atoms. The van der Waals surface area contributed by atoms with Crippen molar-refractivity contribution in [3.8, 4) is 11.1 Å². The summed E-state index contributed by atoms with van der Waals surface area (Å²) in [4.78, 5) is 0. The van der Waals surface area contributed by atoms with E-state index in [1.54, 1.807) is 12.1 Å². The van der Waals surface area contributed by atoms with Gasteiger partial charge in [0, 0.05) is 0 Å². The Labute approximate surface area is 346 Å². The van der Waals surface area contributed by atoms with Crippen LogP contribution in [0.2, 0.25) is 10.0 Å². The fourth-order valence-corrected chi connectivity index (χ4v) is 21.6. The SMILES string of the molecule is CCC1=[C]([Zr](=[CH]c2ccc(Cl)cc2)(=[CH]c2ccc(Cl)cc2)[c]2cc(C(C)(C)C)cc3c2Cc2ccc(C(C)(C)C)cc2-3)C(CC)C=C1C(C)(C)C.Cl.Cl. The van der Waals surface area contributed by atoms with Crippen molar-refractivity contribution in [3.05, 3.63) is 143 Å². The van der Waals surface area contributed by atoms with Crippen LogP contribution in [0.3, 0.4) is 0 Å². The normalized spacial score (nSPS) is 15.3. The van der Waals surface area contributed by atoms with Crippen molar-refractivity contribution >= 4 is 58.7 Å². The van der Waals surface area contributed by atoms with Gasteiger partial charge in [-0.1, -0.05) is 0 Å². The topological polar surface area (TPSA) is 0 Å². The smallest absolute Gasteiger partial charge is 0.147 e. The van der Waals surface area contributed by atoms with Crippen molar-refractivity contribution in [2.24, 2.45) is 11.3 Å². The molecule has 2 aliphatic rings. The molecule has 0 amide bonds. The van der Waals surface area contributed by atoms with Crippen molar-refractivity contribution in [1.82, 2.24) is 0 Å². The van der Waals surface area contributed by atoms with E-state index in [0.717, 1.165) is 29.3 Å². The molecule has 0 spiro atoms. The van der Waals surface area contributed by atoms with Crippen LogP contribution in [0.5, 0.6) is 0 Å². The first-order valence-corrected chi connectivity index (χ1v) is 24.9. The average Bonchev–Trinajstić information content (AvgIpc) is 3.64. The molecule has 0 radical (unpaired) electrons. The van der Waals surface area contributed by atoms with Gasteiger partial charge in [-0.15, -0.1) is 24.8 Å². The molecule has 2 aliphatic carbocycles. The van der Waals surface area contributed by atoms with E-state index in [2.05, 4.69) is 169 Å². The summed E-state index contributed by atoms with van der Waals surface area (Å²) in [5.74, 6) is 0.377. The molecule has 0 aromatic heterocycles. The van der Waals surface area contributed by atoms with Crippen LogP contribution in [0.1, 0.15) is 122 Å². The van der Waals surface area contributed by atoms with Crippen LogP contribution < -0.4 is 3.27 Å². The van der Waals surface area contributed by atoms with E-state index in [1.807, 2.05) is 0 Å². The second-order valence-electron chi connectivity index (χ2n) is 18.0. The first-order valence-electron chi connectivity index (χ1n) is 18.9. The van der Waals surface area contributed by atoms with Crippen molar-refractivity contribution in [2.45, 2.75) is 106 Å². The molecular weight excluding hydrogens is 810 g/mol. The summed E-state index contributed by atoms with van der Waals surface area (Å²) in [6.07, 6.45) is 5.72. The molecule has 0 saturated carbocycles. The number of halogens is 4. The third kappa shape index (κ3) is 8.77. The number of hydrogen-bond acceptors (Lipinski definition) is 0. The summed E-state index contributed by atoms with van der Waals surface area (Å²) in [5.41, 5.74) is 14.3. The molecule has 282 valence electrons. The second kappa shape index (κ2) is 16.3. The summed E-state index contributed by atoms with van der Waals surface area (Å²) in [6.45, 7) is 26.1. The Balaban J connectivity index is 0.00000314. The molecule has 0 N–H and O–H groups in total. The Kier molecular flexibility index (Phi) is 13.5. The van der Waals surface area contributed by atoms with Crippen LogP contribution in [0.25, 0.3) is 11.1 Å². The maximum absolute atomic E-state index is 6.54. The zero-order valence-electron chi connectivity index (χ0n) is 33.5. The van der Waals surface area contributed by atoms with Crippen molar-refractivity contribution in [3.63, 3.8) is 0 Å². The van der Waals surface area contributed by atoms with E-state index >= 15 is 0 Å². The molecule has 0 aliphatic heterocycles. The van der Waals surface area contributed by atoms with Gasteiger partial charge in [0.15, 0.2) is 0 Å². The minimum Gasteiger partial charge on any atom is -0.147 e. The van der Waals surface area contributed by atoms with Gasteiger partial charge in [0.05, 0.1) is 0 Å². The third-order valence-electron chi connectivity index (χ3n) is 11.2. The molecule has 6 rings (SSSR count). The fraction of sp³-hybridized carbons (Fsp3) is 0.375. The van der Waals surface area contributed by atoms with Gasteiger partial charge in [-0.05, 0) is 0 Å². The molecule has 0 fully saturated rings. The monoisotopic (exact) mass is 864 g/mol. The summed E-state index contributed by atoms with van der Waals surface area (Å²) in [6, 6.07) is 29.7. The predicted octanol–water partition coefficient (Wildman–Crippen LogP) is 14.2. The predicted molar refractivity (Wildman–Crippen MR) is 238 cm³/mol. The molecule has 1 unspecified atom stereocenters. The molecule has 0 heterocycles. The summed E-state index contributed by atoms with van der Waals surface area (Å²) in [7, 11) is 0. The zero-order chi connectivity index (χ0) is 37.1.